The van der Waals surface area contributed by atoms with Crippen LogP contribution in [0.3, 0.4) is 0 Å². The van der Waals surface area contributed by atoms with Gasteiger partial charge in [-0.25, -0.2) is 4.98 Å². The molecule has 1 aromatic heterocycles. The van der Waals surface area contributed by atoms with Gasteiger partial charge in [-0.05, 0) is 31.2 Å². The smallest absolute Gasteiger partial charge is 0.311 e. The van der Waals surface area contributed by atoms with Crippen molar-refractivity contribution in [2.45, 2.75) is 17.7 Å². The van der Waals surface area contributed by atoms with E-state index in [1.165, 1.54) is 23.1 Å². The first-order valence-electron chi connectivity index (χ1n) is 9.09. The Morgan fingerprint density at radius 1 is 1.21 bits per heavy atom. The largest absolute Gasteiger partial charge is 0.508 e. The lowest BCUT2D eigenvalue weighted by Crippen LogP contribution is -2.49. The second-order valence-corrected chi connectivity index (χ2v) is 8.34. The van der Waals surface area contributed by atoms with Crippen LogP contribution in [0.5, 0.6) is 5.75 Å². The zero-order valence-corrected chi connectivity index (χ0v) is 17.3. The highest BCUT2D eigenvalue weighted by atomic mass is 32.2. The van der Waals surface area contributed by atoms with Crippen LogP contribution >= 0.6 is 23.1 Å². The monoisotopic (exact) mass is 421 g/mol. The summed E-state index contributed by atoms with van der Waals surface area (Å²) < 4.78 is 5.71. The number of hydrogen-bond donors (Lipinski definition) is 1. The molecule has 0 aliphatic carbocycles. The van der Waals surface area contributed by atoms with Crippen molar-refractivity contribution in [3.8, 4) is 5.75 Å². The molecule has 1 saturated heterocycles. The average Bonchev–Trinajstić information content (AvgIpc) is 3.14. The maximum atomic E-state index is 12.5. The molecule has 0 saturated carbocycles. The number of ether oxygens (including phenoxy) is 1. The molecule has 7 nitrogen and oxygen atoms in total. The second-order valence-electron chi connectivity index (χ2n) is 6.26. The van der Waals surface area contributed by atoms with E-state index >= 15 is 0 Å². The van der Waals surface area contributed by atoms with Gasteiger partial charge < -0.3 is 19.6 Å². The van der Waals surface area contributed by atoms with Crippen LogP contribution < -0.4 is 4.90 Å². The van der Waals surface area contributed by atoms with Crippen LogP contribution in [0.1, 0.15) is 12.6 Å². The number of piperazine rings is 1. The third-order valence-corrected chi connectivity index (χ3v) is 6.38. The van der Waals surface area contributed by atoms with Crippen LogP contribution in [0.15, 0.2) is 34.0 Å². The summed E-state index contributed by atoms with van der Waals surface area (Å²) in [5.41, 5.74) is 1.73. The maximum absolute atomic E-state index is 12.5. The number of phenolic OH excluding ortho intramolecular Hbond substituents is 1. The van der Waals surface area contributed by atoms with Gasteiger partial charge in [-0.1, -0.05) is 11.8 Å². The minimum Gasteiger partial charge on any atom is -0.508 e. The number of aromatic nitrogens is 1. The first kappa shape index (κ1) is 20.5. The highest BCUT2D eigenvalue weighted by Gasteiger charge is 2.21. The fraction of sp³-hybridized carbons (Fsp3) is 0.421. The van der Waals surface area contributed by atoms with Gasteiger partial charge in [0, 0.05) is 37.2 Å². The van der Waals surface area contributed by atoms with E-state index < -0.39 is 0 Å². The molecule has 150 valence electrons. The molecular weight excluding hydrogens is 398 g/mol. The van der Waals surface area contributed by atoms with Gasteiger partial charge in [0.1, 0.15) is 5.75 Å². The van der Waals surface area contributed by atoms with Gasteiger partial charge in [-0.3, -0.25) is 9.59 Å². The summed E-state index contributed by atoms with van der Waals surface area (Å²) in [5, 5.41) is 11.2. The van der Waals surface area contributed by atoms with Crippen molar-refractivity contribution in [3.05, 3.63) is 35.3 Å². The molecule has 1 aromatic carbocycles. The number of hydrogen-bond acceptors (Lipinski definition) is 8. The van der Waals surface area contributed by atoms with Crippen molar-refractivity contribution < 1.29 is 19.4 Å². The van der Waals surface area contributed by atoms with Crippen LogP contribution in [0, 0.1) is 0 Å². The molecule has 2 aromatic rings. The fourth-order valence-corrected chi connectivity index (χ4v) is 4.64. The third-order valence-electron chi connectivity index (χ3n) is 4.33. The summed E-state index contributed by atoms with van der Waals surface area (Å²) >= 11 is 2.85. The Labute approximate surface area is 172 Å². The molecule has 28 heavy (non-hydrogen) atoms. The minimum absolute atomic E-state index is 0.0949. The van der Waals surface area contributed by atoms with Gasteiger partial charge in [0.25, 0.3) is 0 Å². The number of aromatic hydroxyl groups is 1. The van der Waals surface area contributed by atoms with E-state index in [9.17, 15) is 14.7 Å². The lowest BCUT2D eigenvalue weighted by molar-refractivity contribution is -0.142. The normalized spacial score (nSPS) is 14.2. The molecule has 0 spiro atoms. The predicted octanol–water partition coefficient (Wildman–Crippen LogP) is 2.40. The number of carbonyl (C=O) groups is 2. The Balaban J connectivity index is 1.43. The molecule has 1 aliphatic heterocycles. The van der Waals surface area contributed by atoms with Crippen LogP contribution in [-0.2, 0) is 20.7 Å². The van der Waals surface area contributed by atoms with Crippen molar-refractivity contribution in [1.82, 2.24) is 9.88 Å². The van der Waals surface area contributed by atoms with Crippen LogP contribution in [-0.4, -0.2) is 65.4 Å². The standard InChI is InChI=1S/C19H23N3O4S2/c1-2-26-18(25)11-14-12-27-19(20-14)28-13-17(24)22-9-7-21(8-10-22)15-3-5-16(23)6-4-15/h3-6,12,23H,2,7-11,13H2,1H3. The van der Waals surface area contributed by atoms with Crippen LogP contribution in [0.2, 0.25) is 0 Å². The summed E-state index contributed by atoms with van der Waals surface area (Å²) in [6.07, 6.45) is 0.165. The Kier molecular flexibility index (Phi) is 7.16. The number of esters is 1. The first-order valence-corrected chi connectivity index (χ1v) is 11.0. The van der Waals surface area contributed by atoms with Crippen LogP contribution in [0.4, 0.5) is 5.69 Å². The summed E-state index contributed by atoms with van der Waals surface area (Å²) in [5.74, 6) is 0.401. The Bertz CT molecular complexity index is 802. The van der Waals surface area contributed by atoms with E-state index in [1.807, 2.05) is 22.4 Å². The zero-order chi connectivity index (χ0) is 19.9. The van der Waals surface area contributed by atoms with Crippen LogP contribution in [0.25, 0.3) is 0 Å². The van der Waals surface area contributed by atoms with E-state index in [1.54, 1.807) is 19.1 Å². The molecule has 1 amide bonds. The van der Waals surface area contributed by atoms with E-state index in [2.05, 4.69) is 9.88 Å². The molecule has 3 rings (SSSR count). The molecule has 9 heteroatoms. The quantitative estimate of drug-likeness (QED) is 0.543. The number of carbonyl (C=O) groups excluding carboxylic acids is 2. The molecule has 0 unspecified atom stereocenters. The molecule has 0 bridgehead atoms. The topological polar surface area (TPSA) is 83.0 Å². The van der Waals surface area contributed by atoms with Crippen molar-refractivity contribution in [1.29, 1.82) is 0 Å². The summed E-state index contributed by atoms with van der Waals surface area (Å²) in [7, 11) is 0. The number of anilines is 1. The van der Waals surface area contributed by atoms with E-state index in [0.717, 1.165) is 23.1 Å². The summed E-state index contributed by atoms with van der Waals surface area (Å²) in [6.45, 7) is 5.01. The maximum Gasteiger partial charge on any atom is 0.311 e. The van der Waals surface area contributed by atoms with E-state index in [4.69, 9.17) is 4.74 Å². The molecule has 1 aliphatic rings. The average molecular weight is 422 g/mol. The Morgan fingerprint density at radius 2 is 1.93 bits per heavy atom. The van der Waals surface area contributed by atoms with Crippen molar-refractivity contribution in [2.75, 3.05) is 43.4 Å². The molecular formula is C19H23N3O4S2. The van der Waals surface area contributed by atoms with Crippen molar-refractivity contribution in [3.63, 3.8) is 0 Å². The molecule has 2 heterocycles. The Morgan fingerprint density at radius 3 is 2.61 bits per heavy atom. The van der Waals surface area contributed by atoms with Gasteiger partial charge in [-0.15, -0.1) is 11.3 Å². The number of thiazole rings is 1. The van der Waals surface area contributed by atoms with E-state index in [0.29, 0.717) is 31.1 Å². The van der Waals surface area contributed by atoms with Gasteiger partial charge in [0.05, 0.1) is 24.5 Å². The van der Waals surface area contributed by atoms with Gasteiger partial charge in [0.2, 0.25) is 5.91 Å². The van der Waals surface area contributed by atoms with Gasteiger partial charge in [-0.2, -0.15) is 0 Å². The SMILES string of the molecule is CCOC(=O)Cc1csc(SCC(=O)N2CCN(c3ccc(O)cc3)CC2)n1. The van der Waals surface area contributed by atoms with Crippen molar-refractivity contribution in [2.24, 2.45) is 0 Å². The zero-order valence-electron chi connectivity index (χ0n) is 15.7. The molecule has 0 atom stereocenters. The predicted molar refractivity (Wildman–Crippen MR) is 110 cm³/mol. The lowest BCUT2D eigenvalue weighted by Gasteiger charge is -2.36. The number of nitrogens with zero attached hydrogens (tertiary/aromatic N) is 3. The van der Waals surface area contributed by atoms with Gasteiger partial charge in [0.15, 0.2) is 4.34 Å². The number of benzene rings is 1. The van der Waals surface area contributed by atoms with E-state index in [-0.39, 0.29) is 24.0 Å². The summed E-state index contributed by atoms with van der Waals surface area (Å²) in [6, 6.07) is 7.12. The molecule has 1 N–H and O–H groups in total. The minimum atomic E-state index is -0.285. The first-order chi connectivity index (χ1) is 13.5. The number of thioether (sulfide) groups is 1. The number of phenols is 1. The summed E-state index contributed by atoms with van der Waals surface area (Å²) in [4.78, 5) is 32.5. The highest BCUT2D eigenvalue weighted by molar-refractivity contribution is 8.01. The second kappa shape index (κ2) is 9.79. The third kappa shape index (κ3) is 5.62. The molecule has 1 fully saturated rings. The molecule has 0 radical (unpaired) electrons. The van der Waals surface area contributed by atoms with Crippen molar-refractivity contribution >= 4 is 40.7 Å². The fourth-order valence-electron chi connectivity index (χ4n) is 2.89. The number of amides is 1. The van der Waals surface area contributed by atoms with Gasteiger partial charge >= 0.3 is 5.97 Å². The highest BCUT2D eigenvalue weighted by Crippen LogP contribution is 2.24. The number of rotatable bonds is 7. The lowest BCUT2D eigenvalue weighted by atomic mass is 10.2. The Hall–Kier alpha value is -2.26.